The van der Waals surface area contributed by atoms with Crippen molar-refractivity contribution in [1.82, 2.24) is 15.1 Å². The van der Waals surface area contributed by atoms with Crippen molar-refractivity contribution in [3.8, 4) is 34.0 Å². The monoisotopic (exact) mass is 418 g/mol. The SMILES string of the molecule is CCCNc1ncc(-c2noc(-c3ccc(-c4ccccc4C)c(C)c3)n2)cc1Cl. The molecule has 5 nitrogen and oxygen atoms in total. The Bertz CT molecular complexity index is 1190. The molecule has 0 saturated carbocycles. The van der Waals surface area contributed by atoms with Crippen molar-refractivity contribution in [3.63, 3.8) is 0 Å². The van der Waals surface area contributed by atoms with Gasteiger partial charge in [-0.05, 0) is 60.7 Å². The molecule has 0 atom stereocenters. The fourth-order valence-electron chi connectivity index (χ4n) is 3.37. The third-order valence-electron chi connectivity index (χ3n) is 4.98. The molecule has 0 amide bonds. The van der Waals surface area contributed by atoms with Gasteiger partial charge in [-0.25, -0.2) is 4.98 Å². The van der Waals surface area contributed by atoms with Crippen LogP contribution in [-0.2, 0) is 0 Å². The minimum atomic E-state index is 0.460. The van der Waals surface area contributed by atoms with Gasteiger partial charge in [0.15, 0.2) is 0 Å². The van der Waals surface area contributed by atoms with Crippen molar-refractivity contribution in [1.29, 1.82) is 0 Å². The molecule has 0 saturated heterocycles. The average molecular weight is 419 g/mol. The summed E-state index contributed by atoms with van der Waals surface area (Å²) >= 11 is 6.34. The van der Waals surface area contributed by atoms with Crippen molar-refractivity contribution >= 4 is 17.4 Å². The summed E-state index contributed by atoms with van der Waals surface area (Å²) in [5.74, 6) is 1.59. The maximum atomic E-state index is 6.34. The van der Waals surface area contributed by atoms with E-state index in [2.05, 4.69) is 77.6 Å². The molecule has 2 aromatic heterocycles. The average Bonchev–Trinajstić information content (AvgIpc) is 3.24. The number of rotatable bonds is 6. The number of benzene rings is 2. The Morgan fingerprint density at radius 1 is 0.967 bits per heavy atom. The Kier molecular flexibility index (Phi) is 5.81. The molecule has 0 radical (unpaired) electrons. The molecule has 0 spiro atoms. The summed E-state index contributed by atoms with van der Waals surface area (Å²) in [4.78, 5) is 8.92. The minimum absolute atomic E-state index is 0.460. The topological polar surface area (TPSA) is 63.8 Å². The first-order valence-corrected chi connectivity index (χ1v) is 10.3. The number of anilines is 1. The first kappa shape index (κ1) is 20.1. The van der Waals surface area contributed by atoms with Gasteiger partial charge in [0.2, 0.25) is 5.82 Å². The predicted molar refractivity (Wildman–Crippen MR) is 122 cm³/mol. The first-order chi connectivity index (χ1) is 14.6. The third kappa shape index (κ3) is 4.07. The van der Waals surface area contributed by atoms with Crippen LogP contribution in [0.2, 0.25) is 5.02 Å². The van der Waals surface area contributed by atoms with Crippen LogP contribution >= 0.6 is 11.6 Å². The van der Waals surface area contributed by atoms with Crippen LogP contribution in [0.5, 0.6) is 0 Å². The molecule has 152 valence electrons. The standard InChI is InChI=1S/C24H23ClN4O/c1-4-11-26-23-21(25)13-18(14-27-23)22-28-24(30-29-22)17-9-10-20(16(3)12-17)19-8-6-5-7-15(19)2/h5-10,12-14H,4,11H2,1-3H3,(H,26,27). The number of nitrogens with zero attached hydrogens (tertiary/aromatic N) is 3. The maximum Gasteiger partial charge on any atom is 0.258 e. The molecule has 6 heteroatoms. The zero-order chi connectivity index (χ0) is 21.1. The van der Waals surface area contributed by atoms with Gasteiger partial charge in [-0.3, -0.25) is 0 Å². The van der Waals surface area contributed by atoms with Gasteiger partial charge in [0.25, 0.3) is 5.89 Å². The van der Waals surface area contributed by atoms with E-state index in [1.54, 1.807) is 12.3 Å². The third-order valence-corrected chi connectivity index (χ3v) is 5.26. The molecule has 4 aromatic rings. The van der Waals surface area contributed by atoms with Gasteiger partial charge in [0.1, 0.15) is 5.82 Å². The van der Waals surface area contributed by atoms with Gasteiger partial charge in [-0.1, -0.05) is 54.0 Å². The number of hydrogen-bond donors (Lipinski definition) is 1. The molecule has 0 aliphatic rings. The quantitative estimate of drug-likeness (QED) is 0.384. The van der Waals surface area contributed by atoms with Gasteiger partial charge in [-0.15, -0.1) is 0 Å². The van der Waals surface area contributed by atoms with E-state index < -0.39 is 0 Å². The second-order valence-electron chi connectivity index (χ2n) is 7.25. The number of nitrogens with one attached hydrogen (secondary N) is 1. The molecule has 0 aliphatic carbocycles. The van der Waals surface area contributed by atoms with Gasteiger partial charge in [0.05, 0.1) is 5.02 Å². The summed E-state index contributed by atoms with van der Waals surface area (Å²) in [6, 6.07) is 16.3. The van der Waals surface area contributed by atoms with E-state index in [1.807, 2.05) is 6.07 Å². The predicted octanol–water partition coefficient (Wildman–Crippen LogP) is 6.56. The van der Waals surface area contributed by atoms with Crippen LogP contribution in [-0.4, -0.2) is 21.7 Å². The smallest absolute Gasteiger partial charge is 0.258 e. The van der Waals surface area contributed by atoms with E-state index in [-0.39, 0.29) is 0 Å². The van der Waals surface area contributed by atoms with Crippen LogP contribution in [0.15, 0.2) is 59.3 Å². The molecule has 0 aliphatic heterocycles. The lowest BCUT2D eigenvalue weighted by molar-refractivity contribution is 0.432. The van der Waals surface area contributed by atoms with Crippen LogP contribution in [0.1, 0.15) is 24.5 Å². The van der Waals surface area contributed by atoms with Crippen molar-refractivity contribution in [2.75, 3.05) is 11.9 Å². The number of aromatic nitrogens is 3. The van der Waals surface area contributed by atoms with Crippen molar-refractivity contribution in [2.24, 2.45) is 0 Å². The largest absolute Gasteiger partial charge is 0.369 e. The van der Waals surface area contributed by atoms with E-state index in [4.69, 9.17) is 16.1 Å². The molecule has 1 N–H and O–H groups in total. The lowest BCUT2D eigenvalue weighted by atomic mass is 9.95. The van der Waals surface area contributed by atoms with Gasteiger partial charge in [0, 0.05) is 23.9 Å². The minimum Gasteiger partial charge on any atom is -0.369 e. The molecule has 0 unspecified atom stereocenters. The molecule has 2 heterocycles. The van der Waals surface area contributed by atoms with Crippen molar-refractivity contribution in [3.05, 3.63) is 70.9 Å². The second kappa shape index (κ2) is 8.67. The van der Waals surface area contributed by atoms with Crippen LogP contribution in [0.25, 0.3) is 34.0 Å². The second-order valence-corrected chi connectivity index (χ2v) is 7.66. The van der Waals surface area contributed by atoms with Crippen LogP contribution < -0.4 is 5.32 Å². The normalized spacial score (nSPS) is 10.9. The Morgan fingerprint density at radius 3 is 2.50 bits per heavy atom. The Morgan fingerprint density at radius 2 is 1.77 bits per heavy atom. The fraction of sp³-hybridized carbons (Fsp3) is 0.208. The molecular formula is C24H23ClN4O. The van der Waals surface area contributed by atoms with Gasteiger partial charge in [-0.2, -0.15) is 4.98 Å². The molecule has 0 bridgehead atoms. The van der Waals surface area contributed by atoms with E-state index in [1.165, 1.54) is 16.7 Å². The number of aryl methyl sites for hydroxylation is 2. The Balaban J connectivity index is 1.61. The molecule has 30 heavy (non-hydrogen) atoms. The van der Waals surface area contributed by atoms with Gasteiger partial charge >= 0.3 is 0 Å². The lowest BCUT2D eigenvalue weighted by Crippen LogP contribution is -2.02. The fourth-order valence-corrected chi connectivity index (χ4v) is 3.60. The van der Waals surface area contributed by atoms with E-state index in [0.717, 1.165) is 24.1 Å². The first-order valence-electron chi connectivity index (χ1n) is 9.97. The molecule has 0 fully saturated rings. The number of halogens is 1. The van der Waals surface area contributed by atoms with Crippen LogP contribution in [0.3, 0.4) is 0 Å². The van der Waals surface area contributed by atoms with Crippen molar-refractivity contribution < 1.29 is 4.52 Å². The molecule has 2 aromatic carbocycles. The molecular weight excluding hydrogens is 396 g/mol. The molecule has 4 rings (SSSR count). The van der Waals surface area contributed by atoms with E-state index >= 15 is 0 Å². The highest BCUT2D eigenvalue weighted by Crippen LogP contribution is 2.31. The maximum absolute atomic E-state index is 6.34. The highest BCUT2D eigenvalue weighted by atomic mass is 35.5. The lowest BCUT2D eigenvalue weighted by Gasteiger charge is -2.10. The van der Waals surface area contributed by atoms with Crippen LogP contribution in [0.4, 0.5) is 5.82 Å². The highest BCUT2D eigenvalue weighted by Gasteiger charge is 2.14. The highest BCUT2D eigenvalue weighted by molar-refractivity contribution is 6.33. The summed E-state index contributed by atoms with van der Waals surface area (Å²) in [6.07, 6.45) is 2.70. The van der Waals surface area contributed by atoms with E-state index in [0.29, 0.717) is 28.1 Å². The zero-order valence-electron chi connectivity index (χ0n) is 17.2. The Labute approximate surface area is 181 Å². The van der Waals surface area contributed by atoms with E-state index in [9.17, 15) is 0 Å². The Hall–Kier alpha value is -3.18. The zero-order valence-corrected chi connectivity index (χ0v) is 18.0. The summed E-state index contributed by atoms with van der Waals surface area (Å²) in [5, 5.41) is 7.84. The summed E-state index contributed by atoms with van der Waals surface area (Å²) in [5.41, 5.74) is 6.41. The number of hydrogen-bond acceptors (Lipinski definition) is 5. The summed E-state index contributed by atoms with van der Waals surface area (Å²) in [6.45, 7) is 7.12. The summed E-state index contributed by atoms with van der Waals surface area (Å²) < 4.78 is 5.52. The van der Waals surface area contributed by atoms with Crippen molar-refractivity contribution in [2.45, 2.75) is 27.2 Å². The number of pyridine rings is 1. The summed E-state index contributed by atoms with van der Waals surface area (Å²) in [7, 11) is 0. The van der Waals surface area contributed by atoms with Crippen LogP contribution in [0, 0.1) is 13.8 Å². The van der Waals surface area contributed by atoms with Gasteiger partial charge < -0.3 is 9.84 Å².